The van der Waals surface area contributed by atoms with Gasteiger partial charge in [0.1, 0.15) is 6.10 Å². The number of rotatable bonds is 3. The van der Waals surface area contributed by atoms with E-state index in [9.17, 15) is 5.11 Å². The number of hydrogen-bond donors (Lipinski definition) is 1. The van der Waals surface area contributed by atoms with Crippen molar-refractivity contribution in [3.05, 3.63) is 30.1 Å². The second kappa shape index (κ2) is 5.90. The van der Waals surface area contributed by atoms with E-state index in [-0.39, 0.29) is 0 Å². The van der Waals surface area contributed by atoms with Gasteiger partial charge in [-0.15, -0.1) is 0 Å². The maximum absolute atomic E-state index is 10.0. The molecule has 0 saturated carbocycles. The molecule has 0 aliphatic carbocycles. The maximum atomic E-state index is 10.0. The van der Waals surface area contributed by atoms with E-state index in [1.165, 1.54) is 0 Å². The highest BCUT2D eigenvalue weighted by Crippen LogP contribution is 2.13. The first-order valence-electron chi connectivity index (χ1n) is 5.48. The number of aromatic nitrogens is 1. The molecule has 1 unspecified atom stereocenters. The highest BCUT2D eigenvalue weighted by atomic mass is 127. The summed E-state index contributed by atoms with van der Waals surface area (Å²) >= 11 is 2.34. The van der Waals surface area contributed by atoms with E-state index in [1.54, 1.807) is 6.20 Å². The molecule has 2 heterocycles. The van der Waals surface area contributed by atoms with Crippen LogP contribution in [0.5, 0.6) is 0 Å². The molecule has 0 radical (unpaired) electrons. The Kier molecular flexibility index (Phi) is 4.51. The molecule has 16 heavy (non-hydrogen) atoms. The molecule has 1 aromatic heterocycles. The molecular formula is C11H16IN3O. The van der Waals surface area contributed by atoms with Crippen molar-refractivity contribution in [2.45, 2.75) is 6.10 Å². The van der Waals surface area contributed by atoms with Crippen molar-refractivity contribution in [1.29, 1.82) is 0 Å². The summed E-state index contributed by atoms with van der Waals surface area (Å²) < 4.78 is 2.28. The average Bonchev–Trinajstić information content (AvgIpc) is 2.33. The Balaban J connectivity index is 1.86. The van der Waals surface area contributed by atoms with Gasteiger partial charge in [0.15, 0.2) is 0 Å². The fraction of sp³-hybridized carbons (Fsp3) is 0.545. The topological polar surface area (TPSA) is 39.6 Å². The molecule has 2 rings (SSSR count). The number of aliphatic hydroxyl groups is 1. The number of halogens is 1. The van der Waals surface area contributed by atoms with Crippen LogP contribution in [0.4, 0.5) is 0 Å². The lowest BCUT2D eigenvalue weighted by atomic mass is 10.2. The van der Waals surface area contributed by atoms with Gasteiger partial charge < -0.3 is 5.11 Å². The van der Waals surface area contributed by atoms with Gasteiger partial charge in [0.2, 0.25) is 0 Å². The Morgan fingerprint density at radius 1 is 1.31 bits per heavy atom. The molecule has 0 amide bonds. The predicted octanol–water partition coefficient (Wildman–Crippen LogP) is 1.08. The van der Waals surface area contributed by atoms with Gasteiger partial charge in [0.05, 0.1) is 5.69 Å². The molecule has 0 bridgehead atoms. The second-order valence-corrected chi connectivity index (χ2v) is 5.35. The summed E-state index contributed by atoms with van der Waals surface area (Å²) in [5.74, 6) is 0. The van der Waals surface area contributed by atoms with Crippen LogP contribution in [0.2, 0.25) is 0 Å². The van der Waals surface area contributed by atoms with Crippen molar-refractivity contribution in [1.82, 2.24) is 13.0 Å². The van der Waals surface area contributed by atoms with Gasteiger partial charge >= 0.3 is 0 Å². The van der Waals surface area contributed by atoms with E-state index in [0.29, 0.717) is 6.54 Å². The molecule has 1 N–H and O–H groups in total. The van der Waals surface area contributed by atoms with E-state index in [2.05, 4.69) is 35.9 Å². The van der Waals surface area contributed by atoms with Crippen LogP contribution >= 0.6 is 22.9 Å². The molecule has 5 heteroatoms. The number of nitrogens with zero attached hydrogens (tertiary/aromatic N) is 3. The van der Waals surface area contributed by atoms with Crippen molar-refractivity contribution in [3.8, 4) is 0 Å². The van der Waals surface area contributed by atoms with Gasteiger partial charge in [-0.1, -0.05) is 6.07 Å². The van der Waals surface area contributed by atoms with Crippen molar-refractivity contribution in [3.63, 3.8) is 0 Å². The summed E-state index contributed by atoms with van der Waals surface area (Å²) in [6, 6.07) is 5.65. The third kappa shape index (κ3) is 3.38. The first kappa shape index (κ1) is 12.2. The molecule has 4 nitrogen and oxygen atoms in total. The van der Waals surface area contributed by atoms with Crippen LogP contribution in [0.1, 0.15) is 11.8 Å². The summed E-state index contributed by atoms with van der Waals surface area (Å²) in [5.41, 5.74) is 0.763. The normalized spacial score (nSPS) is 20.9. The average molecular weight is 333 g/mol. The molecule has 1 fully saturated rings. The van der Waals surface area contributed by atoms with E-state index in [4.69, 9.17) is 0 Å². The maximum Gasteiger partial charge on any atom is 0.109 e. The van der Waals surface area contributed by atoms with Gasteiger partial charge in [-0.05, 0) is 12.1 Å². The fourth-order valence-electron chi connectivity index (χ4n) is 1.82. The van der Waals surface area contributed by atoms with Crippen molar-refractivity contribution in [2.75, 3.05) is 32.7 Å². The quantitative estimate of drug-likeness (QED) is 0.664. The Labute approximate surface area is 110 Å². The highest BCUT2D eigenvalue weighted by molar-refractivity contribution is 14.1. The predicted molar refractivity (Wildman–Crippen MR) is 71.2 cm³/mol. The highest BCUT2D eigenvalue weighted by Gasteiger charge is 2.18. The van der Waals surface area contributed by atoms with Crippen LogP contribution in [0, 0.1) is 0 Å². The van der Waals surface area contributed by atoms with Crippen LogP contribution in [-0.2, 0) is 0 Å². The van der Waals surface area contributed by atoms with Crippen LogP contribution in [-0.4, -0.2) is 50.8 Å². The van der Waals surface area contributed by atoms with Crippen LogP contribution in [0.3, 0.4) is 0 Å². The van der Waals surface area contributed by atoms with E-state index in [1.807, 2.05) is 18.2 Å². The lowest BCUT2D eigenvalue weighted by molar-refractivity contribution is 0.0938. The first-order chi connectivity index (χ1) is 7.75. The minimum Gasteiger partial charge on any atom is -0.385 e. The lowest BCUT2D eigenvalue weighted by Gasteiger charge is -2.32. The summed E-state index contributed by atoms with van der Waals surface area (Å²) in [4.78, 5) is 6.46. The van der Waals surface area contributed by atoms with Gasteiger partial charge in [-0.3, -0.25) is 9.88 Å². The summed E-state index contributed by atoms with van der Waals surface area (Å²) in [7, 11) is 0. The van der Waals surface area contributed by atoms with Crippen molar-refractivity contribution < 1.29 is 5.11 Å². The fourth-order valence-corrected chi connectivity index (χ4v) is 2.25. The van der Waals surface area contributed by atoms with Crippen LogP contribution in [0.15, 0.2) is 24.4 Å². The van der Waals surface area contributed by atoms with E-state index in [0.717, 1.165) is 31.9 Å². The largest absolute Gasteiger partial charge is 0.385 e. The zero-order valence-electron chi connectivity index (χ0n) is 9.09. The smallest absolute Gasteiger partial charge is 0.109 e. The number of aliphatic hydroxyl groups excluding tert-OH is 1. The number of pyridine rings is 1. The molecule has 1 aliphatic heterocycles. The van der Waals surface area contributed by atoms with Crippen molar-refractivity contribution in [2.24, 2.45) is 0 Å². The third-order valence-corrected chi connectivity index (χ3v) is 3.74. The summed E-state index contributed by atoms with van der Waals surface area (Å²) in [6.45, 7) is 4.85. The first-order valence-corrected chi connectivity index (χ1v) is 6.44. The molecule has 1 aromatic rings. The molecule has 0 aromatic carbocycles. The number of piperazine rings is 1. The van der Waals surface area contributed by atoms with Crippen LogP contribution < -0.4 is 0 Å². The van der Waals surface area contributed by atoms with E-state index < -0.39 is 6.10 Å². The van der Waals surface area contributed by atoms with Gasteiger partial charge in [0, 0.05) is 61.8 Å². The Hall–Kier alpha value is -0.240. The number of β-amino-alcohol motifs (C(OH)–C–C–N with tert-alkyl or cyclic N) is 1. The van der Waals surface area contributed by atoms with Crippen molar-refractivity contribution >= 4 is 22.9 Å². The Morgan fingerprint density at radius 2 is 2.06 bits per heavy atom. The molecule has 1 aliphatic rings. The van der Waals surface area contributed by atoms with Crippen LogP contribution in [0.25, 0.3) is 0 Å². The second-order valence-electron chi connectivity index (χ2n) is 3.98. The standard InChI is InChI=1S/C11H16IN3O/c12-15-7-5-14(6-8-15)9-11(16)10-3-1-2-4-13-10/h1-4,11,16H,5-9H2. The monoisotopic (exact) mass is 333 g/mol. The summed E-state index contributed by atoms with van der Waals surface area (Å²) in [6.07, 6.45) is 1.25. The van der Waals surface area contributed by atoms with Gasteiger partial charge in [-0.25, -0.2) is 3.11 Å². The zero-order chi connectivity index (χ0) is 11.4. The van der Waals surface area contributed by atoms with Gasteiger partial charge in [0.25, 0.3) is 0 Å². The summed E-state index contributed by atoms with van der Waals surface area (Å²) in [5, 5.41) is 10.0. The Bertz CT molecular complexity index is 314. The minimum atomic E-state index is -0.470. The minimum absolute atomic E-state index is 0.470. The Morgan fingerprint density at radius 3 is 2.69 bits per heavy atom. The third-order valence-electron chi connectivity index (χ3n) is 2.78. The molecule has 1 atom stereocenters. The zero-order valence-corrected chi connectivity index (χ0v) is 11.2. The van der Waals surface area contributed by atoms with E-state index >= 15 is 0 Å². The lowest BCUT2D eigenvalue weighted by Crippen LogP contribution is -2.43. The molecule has 1 saturated heterocycles. The number of hydrogen-bond acceptors (Lipinski definition) is 4. The molecule has 0 spiro atoms. The molecular weight excluding hydrogens is 317 g/mol. The molecule has 88 valence electrons. The SMILES string of the molecule is OC(CN1CCN(I)CC1)c1ccccn1. The van der Waals surface area contributed by atoms with Gasteiger partial charge in [-0.2, -0.15) is 0 Å².